The molecular weight excluding hydrogens is 1950 g/mol. The molecule has 32 nitrogen and oxygen atoms in total. The molecule has 4 aromatic carbocycles. The number of thioether (sulfide) groups is 1. The van der Waals surface area contributed by atoms with E-state index in [1.54, 1.807) is 53.1 Å². The van der Waals surface area contributed by atoms with Crippen molar-refractivity contribution in [2.45, 2.75) is 178 Å². The number of rotatable bonds is 22. The van der Waals surface area contributed by atoms with Crippen LogP contribution < -0.4 is 5.32 Å². The molecule has 4 saturated carbocycles. The number of amides is 1. The number of aliphatic hydroxyl groups is 1. The Balaban J connectivity index is 0.000000116. The Morgan fingerprint density at radius 1 is 0.405 bits per heavy atom. The lowest BCUT2D eigenvalue weighted by atomic mass is 9.66. The maximum absolute atomic E-state index is 14.6. The minimum Gasteiger partial charge on any atom is -0.463 e. The fraction of sp³-hybridized carbons (Fsp3) is 0.340. The molecule has 0 saturated heterocycles. The van der Waals surface area contributed by atoms with Crippen LogP contribution in [0.5, 0.6) is 0 Å². The van der Waals surface area contributed by atoms with Crippen molar-refractivity contribution >= 4 is 33.8 Å². The van der Waals surface area contributed by atoms with Crippen molar-refractivity contribution in [2.75, 3.05) is 25.7 Å². The molecule has 8 bridgehead atoms. The van der Waals surface area contributed by atoms with E-state index in [1.807, 2.05) is 66.7 Å². The Bertz CT molecular complexity index is 8050. The van der Waals surface area contributed by atoms with Gasteiger partial charge in [0.2, 0.25) is 5.91 Å². The monoisotopic (exact) mass is 2050 g/mol. The summed E-state index contributed by atoms with van der Waals surface area (Å²) < 4.78 is 154. The van der Waals surface area contributed by atoms with Crippen LogP contribution in [0.4, 0.5) is 35.1 Å². The molecule has 8 aliphatic carbocycles. The lowest BCUT2D eigenvalue weighted by Crippen LogP contribution is -2.38. The number of fused-ring (bicyclic) bond motifs is 20. The molecule has 0 spiro atoms. The van der Waals surface area contributed by atoms with Gasteiger partial charge in [0.15, 0.2) is 40.7 Å². The number of methoxy groups -OCH3 is 1. The topological polar surface area (TPSA) is 397 Å². The predicted molar refractivity (Wildman–Crippen MR) is 524 cm³/mol. The number of benzene rings is 4. The van der Waals surface area contributed by atoms with Crippen molar-refractivity contribution < 1.29 is 67.2 Å². The number of pyridine rings is 4. The molecule has 12 heterocycles. The SMILES string of the molecule is CC(=O)NCCSCc1ncn(-c2cccc([C@@]34CC[C@@H](c5cc(-c6c(F)cccc6F)nnc53)C4(C)C)n2)n1.CC1(C)[C@H]2CC[C@]1(c1cccc(-n3cnc(CO)n3)n1)c1nnc(-c3c(F)cccc3F)cc12.CC1(C)[C@H]2CC[C@]1(c1cccc(-n3cnc(COS(C)(=O)=O)n3)n1)c1nnc(-c3c(F)cccc3F)cc12.COC(=O)c1ncn(-c2cccc([C@@]34CC[C@@H](c5cc(-c6c(F)cccc6F)nnc53)C4(C)C)n2)n1. The van der Waals surface area contributed by atoms with Gasteiger partial charge >= 0.3 is 5.97 Å². The van der Waals surface area contributed by atoms with Crippen LogP contribution in [-0.2, 0) is 64.5 Å². The number of hydrogen-bond donors (Lipinski definition) is 2. The summed E-state index contributed by atoms with van der Waals surface area (Å²) in [6, 6.07) is 45.1. The number of nitrogens with zero attached hydrogens (tertiary/aromatic N) is 24. The minimum atomic E-state index is -3.63. The standard InChI is InChI=1S/C29H29F2N7OS.C26H24F2N6O3S.C26H22F2N6O2.C25H22F2N6O/c1-17(39)32-12-13-40-15-24-33-16-38(37-24)25-9-5-8-23(34-25)29-11-10-19(28(29,2)3)18-14-22(35-36-27(18)29)26-20(30)6-4-7-21(26)31;1-25(2)16-10-11-26(25,24-15(16)12-19(31-32-24)23-17(27)6-4-7-18(23)28)20-8-5-9-22(30-20)34-14-29-21(33-34)13-37-38(3,35)36;1-25(2)15-10-11-26(25,19-8-5-9-20(30-19)34-13-29-23(33-34)24(35)36-3)22-14(15)12-18(31-32-22)21-16(27)6-4-7-17(21)28;1-24(2)15-9-10-25(24,19-7-4-8-21(29-19)33-13-28-20(12-34)32-33)23-14(15)11-18(30-31-23)22-16(26)5-3-6-17(22)27/h4-9,14,16,19H,10-13,15H2,1-3H3,(H,32,39);4-9,12,14,16H,10-11,13H2,1-3H3;4-9,12-13,15H,10-11H2,1-3H3;3-8,11,13,15,34H,9-10,12H2,1-2H3/t19-,29-;16-,26-;15-,26-;15-,25-/m0000/s1. The van der Waals surface area contributed by atoms with Crippen LogP contribution in [0.1, 0.15) is 233 Å². The Labute approximate surface area is 847 Å². The molecule has 42 heteroatoms. The van der Waals surface area contributed by atoms with Crippen molar-refractivity contribution in [3.8, 4) is 68.3 Å². The lowest BCUT2D eigenvalue weighted by Gasteiger charge is -2.37. The van der Waals surface area contributed by atoms with Crippen LogP contribution in [0.3, 0.4) is 0 Å². The van der Waals surface area contributed by atoms with Crippen molar-refractivity contribution in [1.82, 2.24) is 125 Å². The molecule has 4 fully saturated rings. The van der Waals surface area contributed by atoms with Gasteiger partial charge in [0, 0.05) is 19.2 Å². The van der Waals surface area contributed by atoms with Gasteiger partial charge in [0.25, 0.3) is 15.9 Å². The second-order valence-electron chi connectivity index (χ2n) is 40.4. The zero-order chi connectivity index (χ0) is 104. The van der Waals surface area contributed by atoms with Gasteiger partial charge in [-0.25, -0.2) is 98.5 Å². The van der Waals surface area contributed by atoms with Crippen LogP contribution in [0.25, 0.3) is 68.3 Å². The third-order valence-corrected chi connectivity index (χ3v) is 33.4. The summed E-state index contributed by atoms with van der Waals surface area (Å²) in [6.45, 7) is 19.1. The summed E-state index contributed by atoms with van der Waals surface area (Å²) in [7, 11) is -2.36. The van der Waals surface area contributed by atoms with Crippen LogP contribution in [-0.4, -0.2) is 171 Å². The first-order valence-corrected chi connectivity index (χ1v) is 51.1. The highest BCUT2D eigenvalue weighted by molar-refractivity contribution is 7.98. The average Bonchev–Trinajstić information content (AvgIpc) is 1.53. The molecule has 16 aromatic rings. The molecule has 0 aliphatic heterocycles. The van der Waals surface area contributed by atoms with Gasteiger partial charge < -0.3 is 15.2 Å². The molecule has 148 heavy (non-hydrogen) atoms. The summed E-state index contributed by atoms with van der Waals surface area (Å²) in [4.78, 5) is 59.3. The number of ether oxygens (including phenoxy) is 1. The molecule has 1 amide bonds. The largest absolute Gasteiger partial charge is 0.463 e. The van der Waals surface area contributed by atoms with Crippen molar-refractivity contribution in [3.63, 3.8) is 0 Å². The average molecular weight is 2050 g/mol. The van der Waals surface area contributed by atoms with Gasteiger partial charge in [-0.05, 0) is 240 Å². The summed E-state index contributed by atoms with van der Waals surface area (Å²) in [5.74, 6) is -0.681. The van der Waals surface area contributed by atoms with E-state index in [2.05, 4.69) is 142 Å². The van der Waals surface area contributed by atoms with E-state index in [0.717, 1.165) is 131 Å². The number of aliphatic hydroxyl groups excluding tert-OH is 1. The van der Waals surface area contributed by atoms with Crippen LogP contribution in [0.2, 0.25) is 0 Å². The first-order chi connectivity index (χ1) is 70.9. The van der Waals surface area contributed by atoms with Gasteiger partial charge in [-0.3, -0.25) is 8.98 Å². The number of nitrogens with one attached hydrogen (secondary N) is 1. The van der Waals surface area contributed by atoms with Gasteiger partial charge in [0.1, 0.15) is 85.1 Å². The summed E-state index contributed by atoms with van der Waals surface area (Å²) in [5.41, 5.74) is 7.28. The maximum atomic E-state index is 14.6. The fourth-order valence-electron chi connectivity index (χ4n) is 24.8. The second-order valence-corrected chi connectivity index (χ2v) is 43.1. The molecular formula is C106H97F8N25O7S2. The Hall–Kier alpha value is -15.0. The fourth-order valence-corrected chi connectivity index (χ4v) is 25.8. The zero-order valence-corrected chi connectivity index (χ0v) is 83.6. The molecule has 8 aliphatic rings. The van der Waals surface area contributed by atoms with E-state index in [-0.39, 0.29) is 121 Å². The zero-order valence-electron chi connectivity index (χ0n) is 81.9. The van der Waals surface area contributed by atoms with E-state index in [0.29, 0.717) is 47.2 Å². The van der Waals surface area contributed by atoms with Gasteiger partial charge in [-0.1, -0.05) is 104 Å². The van der Waals surface area contributed by atoms with Crippen LogP contribution in [0, 0.1) is 68.2 Å². The summed E-state index contributed by atoms with van der Waals surface area (Å²) in [6.07, 6.45) is 13.9. The molecule has 0 radical (unpaired) electrons. The molecule has 2 N–H and O–H groups in total. The number of aromatic nitrogens is 24. The van der Waals surface area contributed by atoms with Gasteiger partial charge in [-0.15, -0.1) is 40.8 Å². The highest BCUT2D eigenvalue weighted by Gasteiger charge is 2.69. The maximum Gasteiger partial charge on any atom is 0.377 e. The Kier molecular flexibility index (Phi) is 25.0. The second kappa shape index (κ2) is 37.4. The summed E-state index contributed by atoms with van der Waals surface area (Å²) in [5, 5.41) is 64.9. The molecule has 8 atom stereocenters. The summed E-state index contributed by atoms with van der Waals surface area (Å²) >= 11 is 1.65. The number of esters is 1. The number of hydrogen-bond acceptors (Lipinski definition) is 28. The normalized spacial score (nSPS) is 21.4. The quantitative estimate of drug-likeness (QED) is 0.0275. The first kappa shape index (κ1) is 99.0. The smallest absolute Gasteiger partial charge is 0.377 e. The van der Waals surface area contributed by atoms with E-state index < -0.39 is 84.3 Å². The predicted octanol–water partition coefficient (Wildman–Crippen LogP) is 17.5. The van der Waals surface area contributed by atoms with Crippen molar-refractivity contribution in [2.24, 2.45) is 21.7 Å². The van der Waals surface area contributed by atoms with Gasteiger partial charge in [-0.2, -0.15) is 40.6 Å². The third kappa shape index (κ3) is 16.1. The van der Waals surface area contributed by atoms with E-state index >= 15 is 0 Å². The van der Waals surface area contributed by atoms with Crippen LogP contribution >= 0.6 is 11.8 Å². The van der Waals surface area contributed by atoms with Crippen molar-refractivity contribution in [1.29, 1.82) is 0 Å². The van der Waals surface area contributed by atoms with E-state index in [4.69, 9.17) is 28.9 Å². The van der Waals surface area contributed by atoms with E-state index in [9.17, 15) is 58.2 Å². The minimum absolute atomic E-state index is 0.0412. The number of halogens is 8. The van der Waals surface area contributed by atoms with Crippen LogP contribution in [0.15, 0.2) is 195 Å². The lowest BCUT2D eigenvalue weighted by molar-refractivity contribution is -0.118. The highest BCUT2D eigenvalue weighted by atomic mass is 32.2. The molecule has 756 valence electrons. The van der Waals surface area contributed by atoms with E-state index in [1.165, 1.54) is 120 Å². The molecule has 0 unspecified atom stereocenters. The molecule has 24 rings (SSSR count). The first-order valence-electron chi connectivity index (χ1n) is 48.1. The Morgan fingerprint density at radius 2 is 0.689 bits per heavy atom. The van der Waals surface area contributed by atoms with Crippen molar-refractivity contribution in [3.05, 3.63) is 333 Å². The Morgan fingerprint density at radius 3 is 0.986 bits per heavy atom. The third-order valence-electron chi connectivity index (χ3n) is 31.9. The number of carbonyl (C=O) groups excluding carboxylic acids is 2. The number of carbonyl (C=O) groups is 2. The molecule has 12 aromatic heterocycles. The van der Waals surface area contributed by atoms with Gasteiger partial charge in [0.05, 0.1) is 131 Å². The highest BCUT2D eigenvalue weighted by Crippen LogP contribution is 2.74.